The van der Waals surface area contributed by atoms with Gasteiger partial charge in [0.2, 0.25) is 5.91 Å². The third kappa shape index (κ3) is 6.33. The van der Waals surface area contributed by atoms with Gasteiger partial charge < -0.3 is 19.6 Å². The zero-order chi connectivity index (χ0) is 17.5. The van der Waals surface area contributed by atoms with Crippen molar-refractivity contribution in [3.8, 4) is 0 Å². The Morgan fingerprint density at radius 3 is 2.28 bits per heavy atom. The number of rotatable bonds is 4. The predicted octanol–water partition coefficient (Wildman–Crippen LogP) is 1.22. The van der Waals surface area contributed by atoms with Crippen LogP contribution in [0.25, 0.3) is 0 Å². The molecule has 0 radical (unpaired) electrons. The van der Waals surface area contributed by atoms with E-state index in [4.69, 9.17) is 0 Å². The first-order chi connectivity index (χ1) is 11.5. The number of pyridine rings is 1. The van der Waals surface area contributed by atoms with Gasteiger partial charge in [0.25, 0.3) is 0 Å². The fourth-order valence-electron chi connectivity index (χ4n) is 2.82. The Morgan fingerprint density at radius 2 is 1.76 bits per heavy atom. The van der Waals surface area contributed by atoms with Crippen LogP contribution in [0, 0.1) is 0 Å². The smallest absolute Gasteiger partial charge is 0.224 e. The molecule has 2 heterocycles. The molecule has 0 saturated carbocycles. The number of halogens is 1. The van der Waals surface area contributed by atoms with E-state index in [1.807, 2.05) is 61.1 Å². The summed E-state index contributed by atoms with van der Waals surface area (Å²) in [5.74, 6) is 2.04. The fraction of sp³-hybridized carbons (Fsp3) is 0.588. The molecule has 0 aliphatic carbocycles. The number of anilines is 1. The molecule has 0 atom stereocenters. The van der Waals surface area contributed by atoms with Crippen molar-refractivity contribution < 1.29 is 4.79 Å². The fourth-order valence-corrected chi connectivity index (χ4v) is 2.82. The SMILES string of the molecule is CN(C)C(=NCCC(=O)N1CCN(c2ccccn2)CC1)N(C)C.I. The number of piperazine rings is 1. The van der Waals surface area contributed by atoms with E-state index in [2.05, 4.69) is 14.9 Å². The number of guanidine groups is 1. The second kappa shape index (κ2) is 10.4. The maximum absolute atomic E-state index is 12.4. The molecular weight excluding hydrogens is 431 g/mol. The maximum Gasteiger partial charge on any atom is 0.224 e. The molecule has 1 fully saturated rings. The minimum Gasteiger partial charge on any atom is -0.353 e. The Balaban J connectivity index is 0.00000312. The van der Waals surface area contributed by atoms with Gasteiger partial charge in [0.05, 0.1) is 6.54 Å². The van der Waals surface area contributed by atoms with E-state index in [0.29, 0.717) is 13.0 Å². The summed E-state index contributed by atoms with van der Waals surface area (Å²) in [6, 6.07) is 5.92. The zero-order valence-electron chi connectivity index (χ0n) is 15.6. The number of hydrogen-bond donors (Lipinski definition) is 0. The number of carbonyl (C=O) groups excluding carboxylic acids is 1. The molecule has 0 unspecified atom stereocenters. The Bertz CT molecular complexity index is 546. The zero-order valence-corrected chi connectivity index (χ0v) is 17.9. The van der Waals surface area contributed by atoms with E-state index in [1.165, 1.54) is 0 Å². The molecule has 8 heteroatoms. The molecule has 2 rings (SSSR count). The van der Waals surface area contributed by atoms with Crippen LogP contribution < -0.4 is 4.90 Å². The van der Waals surface area contributed by atoms with Crippen molar-refractivity contribution in [2.75, 3.05) is 65.8 Å². The van der Waals surface area contributed by atoms with E-state index in [0.717, 1.165) is 38.0 Å². The number of amides is 1. The summed E-state index contributed by atoms with van der Waals surface area (Å²) in [6.07, 6.45) is 2.26. The first-order valence-electron chi connectivity index (χ1n) is 8.32. The highest BCUT2D eigenvalue weighted by Gasteiger charge is 2.21. The van der Waals surface area contributed by atoms with Gasteiger partial charge >= 0.3 is 0 Å². The van der Waals surface area contributed by atoms with Gasteiger partial charge in [-0.1, -0.05) is 6.07 Å². The van der Waals surface area contributed by atoms with Gasteiger partial charge in [0, 0.05) is 67.0 Å². The Kier molecular flexibility index (Phi) is 8.95. The van der Waals surface area contributed by atoms with Gasteiger partial charge in [-0.05, 0) is 12.1 Å². The molecule has 25 heavy (non-hydrogen) atoms. The minimum absolute atomic E-state index is 0. The van der Waals surface area contributed by atoms with E-state index < -0.39 is 0 Å². The van der Waals surface area contributed by atoms with Crippen LogP contribution in [0.5, 0.6) is 0 Å². The van der Waals surface area contributed by atoms with Crippen molar-refractivity contribution in [3.05, 3.63) is 24.4 Å². The van der Waals surface area contributed by atoms with Crippen molar-refractivity contribution in [1.82, 2.24) is 19.7 Å². The summed E-state index contributed by atoms with van der Waals surface area (Å²) in [6.45, 7) is 3.66. The Labute approximate surface area is 167 Å². The summed E-state index contributed by atoms with van der Waals surface area (Å²) in [5, 5.41) is 0. The molecule has 1 aliphatic rings. The second-order valence-electron chi connectivity index (χ2n) is 6.28. The van der Waals surface area contributed by atoms with Crippen LogP contribution in [0.4, 0.5) is 5.82 Å². The molecule has 0 N–H and O–H groups in total. The summed E-state index contributed by atoms with van der Waals surface area (Å²) in [7, 11) is 7.82. The molecule has 7 nitrogen and oxygen atoms in total. The Hall–Kier alpha value is -1.58. The first kappa shape index (κ1) is 21.5. The lowest BCUT2D eigenvalue weighted by Crippen LogP contribution is -2.49. The van der Waals surface area contributed by atoms with E-state index >= 15 is 0 Å². The number of carbonyl (C=O) groups is 1. The third-order valence-electron chi connectivity index (χ3n) is 3.98. The lowest BCUT2D eigenvalue weighted by molar-refractivity contribution is -0.131. The molecule has 0 aromatic carbocycles. The number of hydrogen-bond acceptors (Lipinski definition) is 4. The predicted molar refractivity (Wildman–Crippen MR) is 113 cm³/mol. The average Bonchev–Trinajstić information content (AvgIpc) is 2.58. The van der Waals surface area contributed by atoms with Crippen molar-refractivity contribution in [3.63, 3.8) is 0 Å². The van der Waals surface area contributed by atoms with Crippen LogP contribution in [0.3, 0.4) is 0 Å². The van der Waals surface area contributed by atoms with E-state index in [-0.39, 0.29) is 29.9 Å². The standard InChI is InChI=1S/C17H28N6O.HI/c1-20(2)17(21(3)4)19-10-8-16(24)23-13-11-22(12-14-23)15-7-5-6-9-18-15;/h5-7,9H,8,10-14H2,1-4H3;1H. The van der Waals surface area contributed by atoms with Crippen LogP contribution in [0.15, 0.2) is 29.4 Å². The van der Waals surface area contributed by atoms with Crippen molar-refractivity contribution in [2.45, 2.75) is 6.42 Å². The lowest BCUT2D eigenvalue weighted by Gasteiger charge is -2.35. The van der Waals surface area contributed by atoms with Gasteiger partial charge in [-0.15, -0.1) is 24.0 Å². The lowest BCUT2D eigenvalue weighted by atomic mass is 10.2. The molecule has 0 bridgehead atoms. The van der Waals surface area contributed by atoms with Crippen molar-refractivity contribution in [2.24, 2.45) is 4.99 Å². The van der Waals surface area contributed by atoms with Gasteiger partial charge in [0.1, 0.15) is 5.82 Å². The van der Waals surface area contributed by atoms with Gasteiger partial charge in [-0.3, -0.25) is 9.79 Å². The maximum atomic E-state index is 12.4. The molecular formula is C17H29IN6O. The highest BCUT2D eigenvalue weighted by atomic mass is 127. The van der Waals surface area contributed by atoms with Crippen LogP contribution in [-0.2, 0) is 4.79 Å². The quantitative estimate of drug-likeness (QED) is 0.384. The molecule has 1 aromatic rings. The van der Waals surface area contributed by atoms with Crippen LogP contribution in [0.2, 0.25) is 0 Å². The molecule has 140 valence electrons. The van der Waals surface area contributed by atoms with Crippen LogP contribution >= 0.6 is 24.0 Å². The summed E-state index contributed by atoms with van der Waals surface area (Å²) < 4.78 is 0. The highest BCUT2D eigenvalue weighted by molar-refractivity contribution is 14.0. The molecule has 0 spiro atoms. The van der Waals surface area contributed by atoms with Gasteiger partial charge in [-0.25, -0.2) is 4.98 Å². The average molecular weight is 460 g/mol. The van der Waals surface area contributed by atoms with Gasteiger partial charge in [-0.2, -0.15) is 0 Å². The summed E-state index contributed by atoms with van der Waals surface area (Å²) >= 11 is 0. The molecule has 1 saturated heterocycles. The minimum atomic E-state index is 0. The van der Waals surface area contributed by atoms with E-state index in [1.54, 1.807) is 6.20 Å². The van der Waals surface area contributed by atoms with E-state index in [9.17, 15) is 4.79 Å². The van der Waals surface area contributed by atoms with Crippen molar-refractivity contribution in [1.29, 1.82) is 0 Å². The molecule has 1 amide bonds. The molecule has 1 aromatic heterocycles. The number of aliphatic imine (C=N–C) groups is 1. The first-order valence-corrected chi connectivity index (χ1v) is 8.32. The second-order valence-corrected chi connectivity index (χ2v) is 6.28. The van der Waals surface area contributed by atoms with Gasteiger partial charge in [0.15, 0.2) is 5.96 Å². The Morgan fingerprint density at radius 1 is 1.12 bits per heavy atom. The van der Waals surface area contributed by atoms with Crippen LogP contribution in [0.1, 0.15) is 6.42 Å². The largest absolute Gasteiger partial charge is 0.353 e. The summed E-state index contributed by atoms with van der Waals surface area (Å²) in [4.78, 5) is 29.3. The third-order valence-corrected chi connectivity index (χ3v) is 3.98. The topological polar surface area (TPSA) is 55.3 Å². The summed E-state index contributed by atoms with van der Waals surface area (Å²) in [5.41, 5.74) is 0. The van der Waals surface area contributed by atoms with Crippen LogP contribution in [-0.4, -0.2) is 92.5 Å². The monoisotopic (exact) mass is 460 g/mol. The normalized spacial score (nSPS) is 13.8. The van der Waals surface area contributed by atoms with Crippen molar-refractivity contribution >= 4 is 41.7 Å². The number of aromatic nitrogens is 1. The molecule has 1 aliphatic heterocycles. The number of nitrogens with zero attached hydrogens (tertiary/aromatic N) is 6. The highest BCUT2D eigenvalue weighted by Crippen LogP contribution is 2.13.